The monoisotopic (exact) mass is 263 g/mol. The van der Waals surface area contributed by atoms with Crippen molar-refractivity contribution < 1.29 is 0 Å². The lowest BCUT2D eigenvalue weighted by Crippen LogP contribution is -2.42. The van der Waals surface area contributed by atoms with Gasteiger partial charge in [0.25, 0.3) is 0 Å². The third-order valence-electron chi connectivity index (χ3n) is 4.05. The second-order valence-corrected chi connectivity index (χ2v) is 7.05. The van der Waals surface area contributed by atoms with Gasteiger partial charge < -0.3 is 5.32 Å². The van der Waals surface area contributed by atoms with Gasteiger partial charge in [-0.15, -0.1) is 0 Å². The van der Waals surface area contributed by atoms with E-state index >= 15 is 0 Å². The fourth-order valence-electron chi connectivity index (χ4n) is 2.96. The van der Waals surface area contributed by atoms with Crippen molar-refractivity contribution in [2.75, 3.05) is 12.0 Å². The van der Waals surface area contributed by atoms with Crippen LogP contribution in [-0.4, -0.2) is 18.1 Å². The molecule has 0 saturated heterocycles. The van der Waals surface area contributed by atoms with E-state index in [-0.39, 0.29) is 0 Å². The van der Waals surface area contributed by atoms with Crippen LogP contribution in [0.3, 0.4) is 0 Å². The summed E-state index contributed by atoms with van der Waals surface area (Å²) in [6.07, 6.45) is 4.67. The van der Waals surface area contributed by atoms with Crippen LogP contribution in [0.2, 0.25) is 0 Å². The summed E-state index contributed by atoms with van der Waals surface area (Å²) in [4.78, 5) is 0. The maximum atomic E-state index is 3.85. The first-order valence-electron chi connectivity index (χ1n) is 6.87. The molecule has 0 aliphatic heterocycles. The molecule has 1 nitrogen and oxygen atoms in total. The minimum Gasteiger partial charge on any atom is -0.306 e. The van der Waals surface area contributed by atoms with E-state index in [0.29, 0.717) is 17.5 Å². The first-order valence-corrected chi connectivity index (χ1v) is 8.27. The van der Waals surface area contributed by atoms with Crippen LogP contribution < -0.4 is 5.32 Å². The van der Waals surface area contributed by atoms with Gasteiger partial charge in [-0.1, -0.05) is 38.1 Å². The van der Waals surface area contributed by atoms with Crippen molar-refractivity contribution in [2.45, 2.75) is 45.7 Å². The highest BCUT2D eigenvalue weighted by Crippen LogP contribution is 2.43. The van der Waals surface area contributed by atoms with Crippen molar-refractivity contribution in [3.05, 3.63) is 35.4 Å². The Morgan fingerprint density at radius 2 is 2.11 bits per heavy atom. The van der Waals surface area contributed by atoms with Gasteiger partial charge in [-0.25, -0.2) is 0 Å². The molecular weight excluding hydrogens is 238 g/mol. The smallest absolute Gasteiger partial charge is 0.0377 e. The highest BCUT2D eigenvalue weighted by Gasteiger charge is 2.35. The highest BCUT2D eigenvalue weighted by molar-refractivity contribution is 7.98. The zero-order valence-electron chi connectivity index (χ0n) is 12.0. The number of nitrogens with one attached hydrogen (secondary N) is 1. The number of fused-ring (bicyclic) bond motifs is 1. The molecule has 1 aliphatic carbocycles. The molecule has 1 aromatic carbocycles. The van der Waals surface area contributed by atoms with E-state index in [1.165, 1.54) is 29.7 Å². The van der Waals surface area contributed by atoms with Crippen molar-refractivity contribution >= 4 is 11.8 Å². The summed E-state index contributed by atoms with van der Waals surface area (Å²) in [5, 5.41) is 3.85. The second kappa shape index (κ2) is 5.66. The van der Waals surface area contributed by atoms with Crippen LogP contribution >= 0.6 is 11.8 Å². The van der Waals surface area contributed by atoms with E-state index in [4.69, 9.17) is 0 Å². The van der Waals surface area contributed by atoms with Crippen LogP contribution in [0.1, 0.15) is 44.4 Å². The van der Waals surface area contributed by atoms with E-state index in [9.17, 15) is 0 Å². The SMILES string of the molecule is CSCC(C)NC1c2ccccc2CCC1(C)C. The van der Waals surface area contributed by atoms with Gasteiger partial charge in [-0.3, -0.25) is 0 Å². The van der Waals surface area contributed by atoms with Gasteiger partial charge in [-0.2, -0.15) is 11.8 Å². The second-order valence-electron chi connectivity index (χ2n) is 6.14. The quantitative estimate of drug-likeness (QED) is 0.880. The Bertz CT molecular complexity index is 400. The van der Waals surface area contributed by atoms with Gasteiger partial charge in [0.2, 0.25) is 0 Å². The predicted molar refractivity (Wildman–Crippen MR) is 82.3 cm³/mol. The fraction of sp³-hybridized carbons (Fsp3) is 0.625. The molecule has 0 heterocycles. The van der Waals surface area contributed by atoms with E-state index < -0.39 is 0 Å². The number of rotatable bonds is 4. The molecule has 0 amide bonds. The molecule has 2 atom stereocenters. The van der Waals surface area contributed by atoms with Gasteiger partial charge in [0.05, 0.1) is 0 Å². The minimum atomic E-state index is 0.348. The largest absolute Gasteiger partial charge is 0.306 e. The lowest BCUT2D eigenvalue weighted by atomic mass is 9.70. The molecule has 2 rings (SSSR count). The Balaban J connectivity index is 2.24. The summed E-state index contributed by atoms with van der Waals surface area (Å²) >= 11 is 1.92. The molecule has 100 valence electrons. The predicted octanol–water partition coefficient (Wildman–Crippen LogP) is 4.04. The van der Waals surface area contributed by atoms with Crippen LogP contribution in [0.4, 0.5) is 0 Å². The van der Waals surface area contributed by atoms with E-state index in [1.807, 2.05) is 11.8 Å². The van der Waals surface area contributed by atoms with Crippen LogP contribution in [0.5, 0.6) is 0 Å². The lowest BCUT2D eigenvalue weighted by molar-refractivity contribution is 0.200. The van der Waals surface area contributed by atoms with Crippen molar-refractivity contribution in [1.82, 2.24) is 5.32 Å². The van der Waals surface area contributed by atoms with Crippen LogP contribution in [-0.2, 0) is 6.42 Å². The first kappa shape index (κ1) is 14.0. The fourth-order valence-corrected chi connectivity index (χ4v) is 3.56. The summed E-state index contributed by atoms with van der Waals surface area (Å²) in [5.74, 6) is 1.18. The van der Waals surface area contributed by atoms with Crippen LogP contribution in [0.25, 0.3) is 0 Å². The van der Waals surface area contributed by atoms with Crippen molar-refractivity contribution in [3.8, 4) is 0 Å². The molecule has 2 unspecified atom stereocenters. The molecular formula is C16H25NS. The summed E-state index contributed by atoms with van der Waals surface area (Å²) < 4.78 is 0. The number of hydrogen-bond acceptors (Lipinski definition) is 2. The average Bonchev–Trinajstić information content (AvgIpc) is 2.33. The van der Waals surface area contributed by atoms with E-state index in [0.717, 1.165) is 0 Å². The molecule has 1 aromatic rings. The minimum absolute atomic E-state index is 0.348. The summed E-state index contributed by atoms with van der Waals surface area (Å²) in [6.45, 7) is 7.09. The maximum absolute atomic E-state index is 3.85. The molecule has 0 bridgehead atoms. The first-order chi connectivity index (χ1) is 8.54. The van der Waals surface area contributed by atoms with Gasteiger partial charge in [0.15, 0.2) is 0 Å². The normalized spacial score (nSPS) is 23.4. The van der Waals surface area contributed by atoms with Gasteiger partial charge in [0.1, 0.15) is 0 Å². The summed E-state index contributed by atoms with van der Waals surface area (Å²) in [7, 11) is 0. The number of benzene rings is 1. The molecule has 0 radical (unpaired) electrons. The molecule has 0 aromatic heterocycles. The molecule has 1 aliphatic rings. The molecule has 0 fully saturated rings. The summed E-state index contributed by atoms with van der Waals surface area (Å²) in [6, 6.07) is 9.99. The molecule has 18 heavy (non-hydrogen) atoms. The van der Waals surface area contributed by atoms with E-state index in [1.54, 1.807) is 0 Å². The Labute approximate surface area is 116 Å². The topological polar surface area (TPSA) is 12.0 Å². The van der Waals surface area contributed by atoms with Gasteiger partial charge in [-0.05, 0) is 42.6 Å². The van der Waals surface area contributed by atoms with Gasteiger partial charge in [0, 0.05) is 17.8 Å². The number of thioether (sulfide) groups is 1. The summed E-state index contributed by atoms with van der Waals surface area (Å²) in [5.41, 5.74) is 3.40. The highest BCUT2D eigenvalue weighted by atomic mass is 32.2. The molecule has 2 heteroatoms. The third-order valence-corrected chi connectivity index (χ3v) is 4.89. The molecule has 0 saturated carbocycles. The molecule has 0 spiro atoms. The zero-order valence-corrected chi connectivity index (χ0v) is 12.8. The third kappa shape index (κ3) is 2.92. The Morgan fingerprint density at radius 1 is 1.39 bits per heavy atom. The van der Waals surface area contributed by atoms with Crippen molar-refractivity contribution in [3.63, 3.8) is 0 Å². The van der Waals surface area contributed by atoms with E-state index in [2.05, 4.69) is 56.6 Å². The number of aryl methyl sites for hydroxylation is 1. The maximum Gasteiger partial charge on any atom is 0.0377 e. The Morgan fingerprint density at radius 3 is 2.83 bits per heavy atom. The van der Waals surface area contributed by atoms with Crippen LogP contribution in [0.15, 0.2) is 24.3 Å². The van der Waals surface area contributed by atoms with Crippen molar-refractivity contribution in [2.24, 2.45) is 5.41 Å². The van der Waals surface area contributed by atoms with Crippen molar-refractivity contribution in [1.29, 1.82) is 0 Å². The van der Waals surface area contributed by atoms with Crippen LogP contribution in [0, 0.1) is 5.41 Å². The lowest BCUT2D eigenvalue weighted by Gasteiger charge is -2.42. The Kier molecular flexibility index (Phi) is 4.39. The number of hydrogen-bond donors (Lipinski definition) is 1. The average molecular weight is 263 g/mol. The zero-order chi connectivity index (χ0) is 13.2. The molecule has 1 N–H and O–H groups in total. The Hall–Kier alpha value is -0.470. The van der Waals surface area contributed by atoms with Gasteiger partial charge >= 0.3 is 0 Å². The standard InChI is InChI=1S/C16H25NS/c1-12(11-18-4)17-15-14-8-6-5-7-13(14)9-10-16(15,2)3/h5-8,12,15,17H,9-11H2,1-4H3.